The lowest BCUT2D eigenvalue weighted by Gasteiger charge is -1.83. The molecule has 0 spiro atoms. The second kappa shape index (κ2) is 10.2. The fourth-order valence-corrected chi connectivity index (χ4v) is 0.873. The second-order valence-electron chi connectivity index (χ2n) is 4.20. The van der Waals surface area contributed by atoms with Crippen molar-refractivity contribution in [1.82, 2.24) is 15.2 Å². The zero-order valence-corrected chi connectivity index (χ0v) is 15.6. The first-order valence-corrected chi connectivity index (χ1v) is 11.2. The van der Waals surface area contributed by atoms with Gasteiger partial charge in [-0.3, -0.25) is 23.6 Å². The molecule has 2 aromatic rings. The number of fused-ring (bicyclic) bond motifs is 1. The van der Waals surface area contributed by atoms with Crippen LogP contribution in [0.3, 0.4) is 0 Å². The second-order valence-corrected chi connectivity index (χ2v) is 8.60. The molecule has 13 nitrogen and oxygen atoms in total. The van der Waals surface area contributed by atoms with Crippen molar-refractivity contribution in [3.8, 4) is 0 Å². The average Bonchev–Trinajstić information content (AvgIpc) is 2.71. The van der Waals surface area contributed by atoms with Gasteiger partial charge in [-0.25, -0.2) is 0 Å². The summed E-state index contributed by atoms with van der Waals surface area (Å²) in [6, 6.07) is 1.47. The van der Waals surface area contributed by atoms with E-state index in [1.165, 1.54) is 12.3 Å². The highest BCUT2D eigenvalue weighted by atomic mass is 32.2. The summed E-state index contributed by atoms with van der Waals surface area (Å²) in [6.07, 6.45) is 5.24. The minimum atomic E-state index is -3.67. The van der Waals surface area contributed by atoms with Gasteiger partial charge in [-0.1, -0.05) is 0 Å². The van der Waals surface area contributed by atoms with E-state index in [0.717, 1.165) is 0 Å². The summed E-state index contributed by atoms with van der Waals surface area (Å²) in [5.41, 5.74) is 0.662. The first kappa shape index (κ1) is 25.4. The van der Waals surface area contributed by atoms with Crippen molar-refractivity contribution in [1.29, 1.82) is 0 Å². The molecule has 25 heavy (non-hydrogen) atoms. The smallest absolute Gasteiger partial charge is 0.261 e. The zero-order valence-electron chi connectivity index (χ0n) is 13.1. The number of hydrogen-bond acceptors (Lipinski definition) is 8. The van der Waals surface area contributed by atoms with Gasteiger partial charge in [-0.15, -0.1) is 0 Å². The molecule has 0 aliphatic heterocycles. The third-order valence-corrected chi connectivity index (χ3v) is 1.37. The Bertz CT molecular complexity index is 923. The number of hydrogen-bond donors (Lipinski definition) is 5. The van der Waals surface area contributed by atoms with Crippen molar-refractivity contribution in [2.24, 2.45) is 0 Å². The monoisotopic (exact) mass is 423 g/mol. The highest BCUT2D eigenvalue weighted by Gasteiger charge is 1.95. The van der Waals surface area contributed by atoms with Crippen LogP contribution in [0.25, 0.3) is 11.0 Å². The molecule has 2 aromatic heterocycles. The lowest BCUT2D eigenvalue weighted by atomic mass is 10.3. The summed E-state index contributed by atoms with van der Waals surface area (Å²) in [4.78, 5) is 13.8. The van der Waals surface area contributed by atoms with Gasteiger partial charge in [0.25, 0.3) is 30.4 Å². The fraction of sp³-hybridized carbons (Fsp3) is 0.333. The van der Waals surface area contributed by atoms with E-state index in [0.29, 0.717) is 29.8 Å². The number of H-pyrrole nitrogens is 2. The zero-order chi connectivity index (χ0) is 20.5. The molecule has 0 fully saturated rings. The predicted octanol–water partition coefficient (Wildman–Crippen LogP) is -1.24. The van der Waals surface area contributed by atoms with Gasteiger partial charge < -0.3 is 4.98 Å². The molecule has 5 N–H and O–H groups in total. The Hall–Kier alpha value is -1.85. The number of pyridine rings is 1. The van der Waals surface area contributed by atoms with Gasteiger partial charge in [-0.05, 0) is 0 Å². The van der Waals surface area contributed by atoms with Crippen LogP contribution < -0.4 is 5.43 Å². The van der Waals surface area contributed by atoms with E-state index >= 15 is 0 Å². The lowest BCUT2D eigenvalue weighted by molar-refractivity contribution is 0.488. The molecule has 0 saturated carbocycles. The topological polar surface area (TPSA) is 225 Å². The maximum Gasteiger partial charge on any atom is 0.261 e. The van der Waals surface area contributed by atoms with Crippen molar-refractivity contribution < 1.29 is 38.9 Å². The summed E-state index contributed by atoms with van der Waals surface area (Å²) in [5, 5.41) is 6.96. The molecule has 0 saturated heterocycles. The van der Waals surface area contributed by atoms with Gasteiger partial charge in [0.1, 0.15) is 5.65 Å². The van der Waals surface area contributed by atoms with Crippen LogP contribution in [0.5, 0.6) is 0 Å². The molecule has 0 atom stereocenters. The SMILES string of the molecule is CS(=O)(=O)O.CS(=O)(=O)O.CS(=O)(=O)O.O=c1cc[nH]c2[nH]ncc12. The van der Waals surface area contributed by atoms with Crippen LogP contribution in [0.15, 0.2) is 23.3 Å². The Balaban J connectivity index is 0. The maximum absolute atomic E-state index is 11.0. The van der Waals surface area contributed by atoms with Crippen LogP contribution in [0, 0.1) is 0 Å². The van der Waals surface area contributed by atoms with E-state index in [4.69, 9.17) is 13.7 Å². The summed E-state index contributed by atoms with van der Waals surface area (Å²) in [6.45, 7) is 0. The molecule has 0 aliphatic rings. The predicted molar refractivity (Wildman–Crippen MR) is 89.1 cm³/mol. The maximum atomic E-state index is 11.0. The number of aromatic nitrogens is 3. The van der Waals surface area contributed by atoms with E-state index in [9.17, 15) is 30.0 Å². The Morgan fingerprint density at radius 3 is 1.56 bits per heavy atom. The number of rotatable bonds is 0. The van der Waals surface area contributed by atoms with E-state index in [-0.39, 0.29) is 5.43 Å². The fourth-order valence-electron chi connectivity index (χ4n) is 0.873. The minimum absolute atomic E-state index is 0.0116. The molecule has 0 radical (unpaired) electrons. The van der Waals surface area contributed by atoms with Crippen molar-refractivity contribution in [3.05, 3.63) is 28.7 Å². The number of aromatic amines is 2. The quantitative estimate of drug-likeness (QED) is 0.315. The van der Waals surface area contributed by atoms with Crippen LogP contribution in [-0.4, -0.2) is 72.9 Å². The minimum Gasteiger partial charge on any atom is -0.346 e. The molecular weight excluding hydrogens is 406 g/mol. The van der Waals surface area contributed by atoms with E-state index in [2.05, 4.69) is 15.2 Å². The molecule has 0 aromatic carbocycles. The first-order chi connectivity index (χ1) is 10.9. The normalized spacial score (nSPS) is 11.1. The van der Waals surface area contributed by atoms with Crippen molar-refractivity contribution in [2.75, 3.05) is 18.8 Å². The summed E-state index contributed by atoms with van der Waals surface area (Å²) < 4.78 is 77.6. The van der Waals surface area contributed by atoms with Gasteiger partial charge in [0, 0.05) is 12.3 Å². The molecule has 0 amide bonds. The summed E-state index contributed by atoms with van der Waals surface area (Å²) in [5.74, 6) is 0. The first-order valence-electron chi connectivity index (χ1n) is 5.66. The third kappa shape index (κ3) is 27.3. The molecular formula is C9H17N3O10S3. The van der Waals surface area contributed by atoms with Crippen molar-refractivity contribution in [2.45, 2.75) is 0 Å². The van der Waals surface area contributed by atoms with Gasteiger partial charge in [-0.2, -0.15) is 30.4 Å². The van der Waals surface area contributed by atoms with E-state index < -0.39 is 30.4 Å². The van der Waals surface area contributed by atoms with Crippen LogP contribution in [0.2, 0.25) is 0 Å². The number of nitrogens with one attached hydrogen (secondary N) is 2. The Morgan fingerprint density at radius 2 is 1.24 bits per heavy atom. The largest absolute Gasteiger partial charge is 0.346 e. The van der Waals surface area contributed by atoms with Gasteiger partial charge >= 0.3 is 0 Å². The Morgan fingerprint density at radius 1 is 0.880 bits per heavy atom. The van der Waals surface area contributed by atoms with Crippen LogP contribution in [-0.2, 0) is 30.4 Å². The molecule has 0 aliphatic carbocycles. The average molecular weight is 423 g/mol. The van der Waals surface area contributed by atoms with E-state index in [1.807, 2.05) is 0 Å². The standard InChI is InChI=1S/C6H5N3O.3CH4O3S/c10-5-1-2-7-6-4(5)3-8-9-6;3*1-5(2,3)4/h1-3H,(H2,7,8,9,10);3*1H3,(H,2,3,4). The summed E-state index contributed by atoms with van der Waals surface area (Å²) in [7, 11) is -11.0. The lowest BCUT2D eigenvalue weighted by Crippen LogP contribution is -1.97. The molecule has 0 bridgehead atoms. The van der Waals surface area contributed by atoms with Gasteiger partial charge in [0.05, 0.1) is 30.4 Å². The van der Waals surface area contributed by atoms with Crippen molar-refractivity contribution in [3.63, 3.8) is 0 Å². The summed E-state index contributed by atoms with van der Waals surface area (Å²) >= 11 is 0. The molecule has 16 heteroatoms. The van der Waals surface area contributed by atoms with Gasteiger partial charge in [0.15, 0.2) is 5.43 Å². The molecule has 2 heterocycles. The Kier molecular flexibility index (Phi) is 10.4. The van der Waals surface area contributed by atoms with Gasteiger partial charge in [0.2, 0.25) is 0 Å². The van der Waals surface area contributed by atoms with E-state index in [1.54, 1.807) is 6.20 Å². The highest BCUT2D eigenvalue weighted by Crippen LogP contribution is 1.97. The van der Waals surface area contributed by atoms with Crippen LogP contribution >= 0.6 is 0 Å². The number of nitrogens with zero attached hydrogens (tertiary/aromatic N) is 1. The van der Waals surface area contributed by atoms with Crippen molar-refractivity contribution >= 4 is 41.4 Å². The molecule has 2 rings (SSSR count). The third-order valence-electron chi connectivity index (χ3n) is 1.37. The highest BCUT2D eigenvalue weighted by molar-refractivity contribution is 7.85. The molecule has 146 valence electrons. The van der Waals surface area contributed by atoms with Crippen LogP contribution in [0.4, 0.5) is 0 Å². The Labute approximate surface area is 143 Å². The van der Waals surface area contributed by atoms with Crippen LogP contribution in [0.1, 0.15) is 0 Å². The molecule has 0 unspecified atom stereocenters.